The minimum atomic E-state index is -4.07. The van der Waals surface area contributed by atoms with Gasteiger partial charge in [0, 0.05) is 24.7 Å². The molecule has 144 valence electrons. The minimum absolute atomic E-state index is 0.0129. The van der Waals surface area contributed by atoms with Crippen molar-refractivity contribution in [3.05, 3.63) is 23.3 Å². The number of amides is 1. The Morgan fingerprint density at radius 1 is 1.12 bits per heavy atom. The number of carbonyl (C=O) groups is 1. The van der Waals surface area contributed by atoms with Crippen LogP contribution >= 0.6 is 10.3 Å². The smallest absolute Gasteiger partial charge is 0.410 e. The molecule has 1 atom stereocenters. The van der Waals surface area contributed by atoms with Crippen molar-refractivity contribution in [2.75, 3.05) is 32.7 Å². The van der Waals surface area contributed by atoms with E-state index in [0.717, 1.165) is 16.0 Å². The molecule has 0 bridgehead atoms. The van der Waals surface area contributed by atoms with Gasteiger partial charge in [-0.25, -0.2) is 8.98 Å². The molecule has 0 radical (unpaired) electrons. The summed E-state index contributed by atoms with van der Waals surface area (Å²) in [6.45, 7) is 7.10. The maximum atomic E-state index is 12.0. The van der Waals surface area contributed by atoms with E-state index in [0.29, 0.717) is 11.5 Å². The van der Waals surface area contributed by atoms with Crippen LogP contribution in [-0.2, 0) is 18.2 Å². The summed E-state index contributed by atoms with van der Waals surface area (Å²) < 4.78 is 39.4. The van der Waals surface area contributed by atoms with Crippen molar-refractivity contribution in [1.82, 2.24) is 4.90 Å². The second kappa shape index (κ2) is 8.39. The summed E-state index contributed by atoms with van der Waals surface area (Å²) in [6.07, 6.45) is 1.30. The molecule has 0 heterocycles. The van der Waals surface area contributed by atoms with Crippen molar-refractivity contribution >= 4 is 26.8 Å². The average Bonchev–Trinajstić information content (AvgIpc) is 2.49. The summed E-state index contributed by atoms with van der Waals surface area (Å²) in [6, 6.07) is 3.54. The standard InChI is InChI=1S/C16H27NO6S2/c1-8-21-25(19,20)23-24(7,9-2)15-11-12(3)14(10-13(15)4)22-16(18)17(5)6/h10-11H,8-9H2,1-7H3. The van der Waals surface area contributed by atoms with E-state index in [1.807, 2.05) is 19.9 Å². The number of hydrogen-bond acceptors (Lipinski definition) is 6. The van der Waals surface area contributed by atoms with Gasteiger partial charge in [-0.15, -0.1) is 0 Å². The van der Waals surface area contributed by atoms with Crippen molar-refractivity contribution in [1.29, 1.82) is 0 Å². The number of hydrogen-bond donors (Lipinski definition) is 0. The number of carbonyl (C=O) groups excluding carboxylic acids is 1. The molecule has 1 aromatic carbocycles. The molecule has 0 N–H and O–H groups in total. The lowest BCUT2D eigenvalue weighted by Gasteiger charge is -2.34. The summed E-state index contributed by atoms with van der Waals surface area (Å²) in [5, 5.41) is 0. The number of aryl methyl sites for hydroxylation is 2. The van der Waals surface area contributed by atoms with Gasteiger partial charge in [0.15, 0.2) is 0 Å². The quantitative estimate of drug-likeness (QED) is 0.706. The third kappa shape index (κ3) is 5.60. The maximum absolute atomic E-state index is 12.0. The molecule has 1 unspecified atom stereocenters. The largest absolute Gasteiger partial charge is 0.414 e. The molecule has 1 amide bonds. The zero-order valence-corrected chi connectivity index (χ0v) is 17.4. The fraction of sp³-hybridized carbons (Fsp3) is 0.562. The van der Waals surface area contributed by atoms with Crippen LogP contribution in [0.2, 0.25) is 0 Å². The fourth-order valence-electron chi connectivity index (χ4n) is 2.11. The molecule has 0 saturated carbocycles. The van der Waals surface area contributed by atoms with Crippen LogP contribution in [0.4, 0.5) is 4.79 Å². The van der Waals surface area contributed by atoms with Crippen molar-refractivity contribution in [2.45, 2.75) is 32.6 Å². The van der Waals surface area contributed by atoms with E-state index in [-0.39, 0.29) is 6.61 Å². The van der Waals surface area contributed by atoms with E-state index in [4.69, 9.17) is 12.5 Å². The van der Waals surface area contributed by atoms with Gasteiger partial charge in [-0.05, 0) is 50.3 Å². The van der Waals surface area contributed by atoms with Gasteiger partial charge in [-0.3, -0.25) is 0 Å². The average molecular weight is 394 g/mol. The Hall–Kier alpha value is -1.29. The molecule has 0 aliphatic rings. The van der Waals surface area contributed by atoms with Crippen LogP contribution in [0.5, 0.6) is 5.75 Å². The van der Waals surface area contributed by atoms with E-state index < -0.39 is 26.8 Å². The molecule has 0 aliphatic heterocycles. The Balaban J connectivity index is 3.27. The Bertz CT molecular complexity index is 732. The van der Waals surface area contributed by atoms with Crippen LogP contribution < -0.4 is 4.74 Å². The van der Waals surface area contributed by atoms with Crippen molar-refractivity contribution < 1.29 is 25.8 Å². The van der Waals surface area contributed by atoms with Crippen molar-refractivity contribution in [3.8, 4) is 5.75 Å². The van der Waals surface area contributed by atoms with E-state index in [2.05, 4.69) is 0 Å². The lowest BCUT2D eigenvalue weighted by atomic mass is 10.1. The first kappa shape index (κ1) is 21.8. The summed E-state index contributed by atoms with van der Waals surface area (Å²) in [7, 11) is -2.99. The fourth-order valence-corrected chi connectivity index (χ4v) is 6.18. The van der Waals surface area contributed by atoms with E-state index in [1.54, 1.807) is 40.3 Å². The van der Waals surface area contributed by atoms with Gasteiger partial charge in [0.2, 0.25) is 0 Å². The van der Waals surface area contributed by atoms with Gasteiger partial charge in [0.05, 0.1) is 6.61 Å². The number of benzene rings is 1. The van der Waals surface area contributed by atoms with Crippen molar-refractivity contribution in [2.24, 2.45) is 0 Å². The van der Waals surface area contributed by atoms with Gasteiger partial charge in [-0.1, -0.05) is 17.2 Å². The van der Waals surface area contributed by atoms with Gasteiger partial charge < -0.3 is 9.64 Å². The second-order valence-electron chi connectivity index (χ2n) is 5.82. The lowest BCUT2D eigenvalue weighted by Crippen LogP contribution is -2.25. The summed E-state index contributed by atoms with van der Waals surface area (Å²) >= 11 is 0. The highest BCUT2D eigenvalue weighted by Crippen LogP contribution is 2.56. The monoisotopic (exact) mass is 393 g/mol. The second-order valence-corrected chi connectivity index (χ2v) is 10.4. The zero-order chi connectivity index (χ0) is 19.4. The van der Waals surface area contributed by atoms with E-state index in [9.17, 15) is 13.2 Å². The van der Waals surface area contributed by atoms with Crippen LogP contribution in [0.25, 0.3) is 0 Å². The Morgan fingerprint density at radius 3 is 2.20 bits per heavy atom. The SMILES string of the molecule is CCOS(=O)(=O)OS(C)(CC)c1cc(C)c(OC(=O)N(C)C)cc1C. The highest BCUT2D eigenvalue weighted by Gasteiger charge is 2.30. The van der Waals surface area contributed by atoms with Crippen LogP contribution in [-0.4, -0.2) is 52.1 Å². The van der Waals surface area contributed by atoms with Crippen LogP contribution in [0.1, 0.15) is 25.0 Å². The Labute approximate surface area is 152 Å². The van der Waals surface area contributed by atoms with Gasteiger partial charge >= 0.3 is 16.5 Å². The van der Waals surface area contributed by atoms with Crippen LogP contribution in [0, 0.1) is 13.8 Å². The molecule has 0 saturated heterocycles. The first-order valence-corrected chi connectivity index (χ1v) is 11.3. The zero-order valence-electron chi connectivity index (χ0n) is 15.8. The molecule has 0 fully saturated rings. The molecule has 1 aromatic rings. The first-order valence-electron chi connectivity index (χ1n) is 7.82. The van der Waals surface area contributed by atoms with Crippen LogP contribution in [0.15, 0.2) is 17.0 Å². The molecule has 0 aromatic heterocycles. The number of nitrogens with zero attached hydrogens (tertiary/aromatic N) is 1. The van der Waals surface area contributed by atoms with Crippen molar-refractivity contribution in [3.63, 3.8) is 0 Å². The van der Waals surface area contributed by atoms with Gasteiger partial charge in [0.1, 0.15) is 5.75 Å². The summed E-state index contributed by atoms with van der Waals surface area (Å²) in [5.74, 6) is 0.932. The normalized spacial score (nSPS) is 15.3. The minimum Gasteiger partial charge on any atom is -0.410 e. The predicted molar refractivity (Wildman–Crippen MR) is 99.6 cm³/mol. The molecule has 9 heteroatoms. The molecule has 25 heavy (non-hydrogen) atoms. The molecular weight excluding hydrogens is 366 g/mol. The highest BCUT2D eigenvalue weighted by molar-refractivity contribution is 8.32. The molecule has 0 aliphatic carbocycles. The lowest BCUT2D eigenvalue weighted by molar-refractivity contribution is 0.171. The van der Waals surface area contributed by atoms with E-state index >= 15 is 0 Å². The highest BCUT2D eigenvalue weighted by atomic mass is 32.3. The Kier molecular flexibility index (Phi) is 7.30. The molecule has 0 spiro atoms. The topological polar surface area (TPSA) is 82.1 Å². The molecule has 1 rings (SSSR count). The predicted octanol–water partition coefficient (Wildman–Crippen LogP) is 3.39. The van der Waals surface area contributed by atoms with Gasteiger partial charge in [-0.2, -0.15) is 12.0 Å². The molecular formula is C16H27NO6S2. The summed E-state index contributed by atoms with van der Waals surface area (Å²) in [5.41, 5.74) is 1.51. The van der Waals surface area contributed by atoms with Crippen LogP contribution in [0.3, 0.4) is 0 Å². The van der Waals surface area contributed by atoms with E-state index in [1.165, 1.54) is 4.90 Å². The third-order valence-corrected chi connectivity index (χ3v) is 8.41. The van der Waals surface area contributed by atoms with Gasteiger partial charge in [0.25, 0.3) is 0 Å². The maximum Gasteiger partial charge on any atom is 0.414 e. The third-order valence-electron chi connectivity index (χ3n) is 3.55. The summed E-state index contributed by atoms with van der Waals surface area (Å²) in [4.78, 5) is 13.9. The number of rotatable bonds is 7. The Morgan fingerprint density at radius 2 is 1.72 bits per heavy atom. The number of ether oxygens (including phenoxy) is 1. The molecule has 7 nitrogen and oxygen atoms in total. The first-order chi connectivity index (χ1) is 11.5.